The van der Waals surface area contributed by atoms with Crippen LogP contribution < -0.4 is 0 Å². The highest BCUT2D eigenvalue weighted by Crippen LogP contribution is 2.36. The molecule has 0 heterocycles. The first kappa shape index (κ1) is 19.5. The lowest BCUT2D eigenvalue weighted by Gasteiger charge is -2.27. The normalized spacial score (nSPS) is 19.6. The van der Waals surface area contributed by atoms with Crippen molar-refractivity contribution in [1.82, 2.24) is 0 Å². The Kier molecular flexibility index (Phi) is 7.35. The van der Waals surface area contributed by atoms with Gasteiger partial charge in [0.1, 0.15) is 0 Å². The lowest BCUT2D eigenvalue weighted by Crippen LogP contribution is -2.11. The van der Waals surface area contributed by atoms with Gasteiger partial charge in [0, 0.05) is 5.56 Å². The third-order valence-electron chi connectivity index (χ3n) is 5.79. The average molecular weight is 357 g/mol. The minimum atomic E-state index is 0.692. The molecule has 2 aromatic carbocycles. The van der Waals surface area contributed by atoms with E-state index in [1.165, 1.54) is 48.8 Å². The molecular formula is C27H32. The second kappa shape index (κ2) is 10.2. The summed E-state index contributed by atoms with van der Waals surface area (Å²) >= 11 is 0. The SMILES string of the molecule is CCCc1ccc(C#C/C=C/[C@H]2CC[C@H](c3ccc(CC)cc3)CC2)cc1. The van der Waals surface area contributed by atoms with Gasteiger partial charge in [-0.2, -0.15) is 0 Å². The fourth-order valence-corrected chi connectivity index (χ4v) is 4.02. The van der Waals surface area contributed by atoms with Crippen LogP contribution in [0.1, 0.15) is 74.1 Å². The molecule has 1 aliphatic rings. The number of benzene rings is 2. The molecule has 0 bridgehead atoms. The van der Waals surface area contributed by atoms with E-state index in [2.05, 4.69) is 86.4 Å². The zero-order chi connectivity index (χ0) is 18.9. The van der Waals surface area contributed by atoms with Gasteiger partial charge < -0.3 is 0 Å². The van der Waals surface area contributed by atoms with Gasteiger partial charge in [-0.3, -0.25) is 0 Å². The van der Waals surface area contributed by atoms with Crippen LogP contribution >= 0.6 is 0 Å². The maximum absolute atomic E-state index is 3.26. The van der Waals surface area contributed by atoms with Crippen molar-refractivity contribution in [1.29, 1.82) is 0 Å². The molecule has 3 rings (SSSR count). The summed E-state index contributed by atoms with van der Waals surface area (Å²) in [6.45, 7) is 4.44. The molecule has 0 amide bonds. The van der Waals surface area contributed by atoms with Crippen molar-refractivity contribution in [2.45, 2.75) is 64.7 Å². The summed E-state index contributed by atoms with van der Waals surface area (Å²) in [6, 6.07) is 18.0. The van der Waals surface area contributed by atoms with Gasteiger partial charge in [0.15, 0.2) is 0 Å². The van der Waals surface area contributed by atoms with Crippen LogP contribution in [0.15, 0.2) is 60.7 Å². The van der Waals surface area contributed by atoms with Crippen LogP contribution in [0, 0.1) is 17.8 Å². The molecule has 0 spiro atoms. The van der Waals surface area contributed by atoms with Gasteiger partial charge in [0.2, 0.25) is 0 Å². The van der Waals surface area contributed by atoms with Crippen LogP contribution in [0.4, 0.5) is 0 Å². The van der Waals surface area contributed by atoms with Crippen LogP contribution in [0.5, 0.6) is 0 Å². The fraction of sp³-hybridized carbons (Fsp3) is 0.407. The average Bonchev–Trinajstić information content (AvgIpc) is 2.73. The monoisotopic (exact) mass is 356 g/mol. The second-order valence-electron chi connectivity index (χ2n) is 7.78. The minimum absolute atomic E-state index is 0.692. The Bertz CT molecular complexity index is 773. The minimum Gasteiger partial charge on any atom is -0.0730 e. The molecule has 0 radical (unpaired) electrons. The maximum Gasteiger partial charge on any atom is 0.0249 e. The molecular weight excluding hydrogens is 324 g/mol. The lowest BCUT2D eigenvalue weighted by molar-refractivity contribution is 0.376. The summed E-state index contributed by atoms with van der Waals surface area (Å²) in [4.78, 5) is 0. The van der Waals surface area contributed by atoms with Gasteiger partial charge in [-0.1, -0.05) is 74.6 Å². The molecule has 1 fully saturated rings. The summed E-state index contributed by atoms with van der Waals surface area (Å²) < 4.78 is 0. The Labute approximate surface area is 165 Å². The molecule has 0 N–H and O–H groups in total. The van der Waals surface area contributed by atoms with Crippen molar-refractivity contribution < 1.29 is 0 Å². The quantitative estimate of drug-likeness (QED) is 0.502. The number of aryl methyl sites for hydroxylation is 2. The standard InChI is InChI=1S/C27H32/c1-3-7-23-10-12-24(13-11-23)8-5-6-9-25-16-20-27(21-17-25)26-18-14-22(4-2)15-19-26/h6,9-15,18-19,25,27H,3-4,7,16-17,20-21H2,1-2H3/b9-6+/t25-,27-. The van der Waals surface area contributed by atoms with E-state index in [1.807, 2.05) is 0 Å². The second-order valence-corrected chi connectivity index (χ2v) is 7.78. The van der Waals surface area contributed by atoms with E-state index in [-0.39, 0.29) is 0 Å². The molecule has 0 atom stereocenters. The first-order valence-corrected chi connectivity index (χ1v) is 10.6. The lowest BCUT2D eigenvalue weighted by atomic mass is 9.78. The maximum atomic E-state index is 3.26. The molecule has 0 aliphatic heterocycles. The van der Waals surface area contributed by atoms with Gasteiger partial charge in [-0.25, -0.2) is 0 Å². The predicted molar refractivity (Wildman–Crippen MR) is 117 cm³/mol. The highest BCUT2D eigenvalue weighted by Gasteiger charge is 2.20. The topological polar surface area (TPSA) is 0 Å². The summed E-state index contributed by atoms with van der Waals surface area (Å²) in [5, 5.41) is 0. The Morgan fingerprint density at radius 2 is 1.52 bits per heavy atom. The van der Waals surface area contributed by atoms with Crippen molar-refractivity contribution in [2.24, 2.45) is 5.92 Å². The summed E-state index contributed by atoms with van der Waals surface area (Å²) in [7, 11) is 0. The van der Waals surface area contributed by atoms with E-state index < -0.39 is 0 Å². The van der Waals surface area contributed by atoms with E-state index in [1.54, 1.807) is 0 Å². The number of hydrogen-bond acceptors (Lipinski definition) is 0. The van der Waals surface area contributed by atoms with Gasteiger partial charge in [-0.15, -0.1) is 0 Å². The van der Waals surface area contributed by atoms with Crippen molar-refractivity contribution in [3.63, 3.8) is 0 Å². The van der Waals surface area contributed by atoms with Crippen LogP contribution in [-0.4, -0.2) is 0 Å². The van der Waals surface area contributed by atoms with Crippen molar-refractivity contribution in [2.75, 3.05) is 0 Å². The Morgan fingerprint density at radius 1 is 0.852 bits per heavy atom. The van der Waals surface area contributed by atoms with E-state index in [9.17, 15) is 0 Å². The fourth-order valence-electron chi connectivity index (χ4n) is 4.02. The molecule has 0 saturated heterocycles. The van der Waals surface area contributed by atoms with Gasteiger partial charge in [0.25, 0.3) is 0 Å². The summed E-state index contributed by atoms with van der Waals surface area (Å²) in [6.07, 6.45) is 13.0. The van der Waals surface area contributed by atoms with Gasteiger partial charge in [-0.05, 0) is 85.3 Å². The number of hydrogen-bond donors (Lipinski definition) is 0. The molecule has 27 heavy (non-hydrogen) atoms. The van der Waals surface area contributed by atoms with Crippen molar-refractivity contribution in [3.05, 3.63) is 82.9 Å². The van der Waals surface area contributed by atoms with E-state index in [4.69, 9.17) is 0 Å². The largest absolute Gasteiger partial charge is 0.0730 e. The molecule has 1 saturated carbocycles. The molecule has 1 aliphatic carbocycles. The molecule has 2 aromatic rings. The molecule has 0 nitrogen and oxygen atoms in total. The Hall–Kier alpha value is -2.26. The third-order valence-corrected chi connectivity index (χ3v) is 5.79. The van der Waals surface area contributed by atoms with E-state index in [0.29, 0.717) is 5.92 Å². The summed E-state index contributed by atoms with van der Waals surface area (Å²) in [5.74, 6) is 7.92. The zero-order valence-corrected chi connectivity index (χ0v) is 16.9. The highest BCUT2D eigenvalue weighted by atomic mass is 14.2. The smallest absolute Gasteiger partial charge is 0.0249 e. The van der Waals surface area contributed by atoms with Crippen LogP contribution in [-0.2, 0) is 12.8 Å². The van der Waals surface area contributed by atoms with Crippen molar-refractivity contribution >= 4 is 0 Å². The number of allylic oxidation sites excluding steroid dienone is 2. The van der Waals surface area contributed by atoms with Gasteiger partial charge in [0.05, 0.1) is 0 Å². The number of rotatable bonds is 5. The predicted octanol–water partition coefficient (Wildman–Crippen LogP) is 7.08. The van der Waals surface area contributed by atoms with E-state index in [0.717, 1.165) is 24.3 Å². The van der Waals surface area contributed by atoms with Crippen LogP contribution in [0.3, 0.4) is 0 Å². The van der Waals surface area contributed by atoms with E-state index >= 15 is 0 Å². The van der Waals surface area contributed by atoms with Crippen molar-refractivity contribution in [3.8, 4) is 11.8 Å². The molecule has 0 heteroatoms. The highest BCUT2D eigenvalue weighted by molar-refractivity contribution is 5.38. The third kappa shape index (κ3) is 5.86. The molecule has 0 unspecified atom stereocenters. The molecule has 0 aromatic heterocycles. The van der Waals surface area contributed by atoms with Crippen LogP contribution in [0.2, 0.25) is 0 Å². The first-order chi connectivity index (χ1) is 13.3. The van der Waals surface area contributed by atoms with Gasteiger partial charge >= 0.3 is 0 Å². The Morgan fingerprint density at radius 3 is 2.15 bits per heavy atom. The zero-order valence-electron chi connectivity index (χ0n) is 16.9. The van der Waals surface area contributed by atoms with Crippen LogP contribution in [0.25, 0.3) is 0 Å². The summed E-state index contributed by atoms with van der Waals surface area (Å²) in [5.41, 5.74) is 5.48. The Balaban J connectivity index is 1.47. The molecule has 140 valence electrons. The first-order valence-electron chi connectivity index (χ1n) is 10.6.